The zero-order valence-corrected chi connectivity index (χ0v) is 10.7. The summed E-state index contributed by atoms with van der Waals surface area (Å²) in [6.45, 7) is 6.28. The van der Waals surface area contributed by atoms with Crippen LogP contribution in [0.4, 0.5) is 0 Å². The molecule has 1 saturated heterocycles. The molecule has 1 aliphatic heterocycles. The highest BCUT2D eigenvalue weighted by molar-refractivity contribution is 9.09. The molecule has 14 heavy (non-hydrogen) atoms. The van der Waals surface area contributed by atoms with Crippen LogP contribution in [0.2, 0.25) is 0 Å². The number of halogens is 1. The fraction of sp³-hybridized carbons (Fsp3) is 0.909. The van der Waals surface area contributed by atoms with Gasteiger partial charge >= 0.3 is 0 Å². The molecule has 1 fully saturated rings. The van der Waals surface area contributed by atoms with E-state index in [-0.39, 0.29) is 0 Å². The van der Waals surface area contributed by atoms with Gasteiger partial charge in [0.15, 0.2) is 0 Å². The van der Waals surface area contributed by atoms with Gasteiger partial charge in [-0.2, -0.15) is 0 Å². The zero-order valence-electron chi connectivity index (χ0n) is 9.13. The Morgan fingerprint density at radius 3 is 2.71 bits per heavy atom. The zero-order chi connectivity index (χ0) is 10.6. The van der Waals surface area contributed by atoms with Crippen molar-refractivity contribution >= 4 is 21.8 Å². The van der Waals surface area contributed by atoms with E-state index in [9.17, 15) is 4.79 Å². The molecule has 0 aliphatic carbocycles. The maximum absolute atomic E-state index is 11.6. The van der Waals surface area contributed by atoms with Gasteiger partial charge in [-0.3, -0.25) is 4.79 Å². The fourth-order valence-corrected chi connectivity index (χ4v) is 2.57. The Labute approximate surface area is 95.2 Å². The third-order valence-electron chi connectivity index (χ3n) is 3.15. The minimum absolute atomic E-state index is 0.358. The van der Waals surface area contributed by atoms with Crippen LogP contribution in [0.5, 0.6) is 0 Å². The third-order valence-corrected chi connectivity index (χ3v) is 4.06. The molecule has 0 aromatic rings. The molecule has 0 N–H and O–H groups in total. The highest BCUT2D eigenvalue weighted by Gasteiger charge is 2.29. The summed E-state index contributed by atoms with van der Waals surface area (Å²) in [4.78, 5) is 13.7. The maximum Gasteiger partial charge on any atom is 0.222 e. The minimum atomic E-state index is 0.358. The van der Waals surface area contributed by atoms with Crippen LogP contribution < -0.4 is 0 Å². The van der Waals surface area contributed by atoms with Crippen LogP contribution in [-0.2, 0) is 4.79 Å². The van der Waals surface area contributed by atoms with Crippen LogP contribution in [0.25, 0.3) is 0 Å². The second-order valence-corrected chi connectivity index (χ2v) is 4.85. The first-order valence-electron chi connectivity index (χ1n) is 5.54. The molecule has 2 nitrogen and oxygen atoms in total. The van der Waals surface area contributed by atoms with Crippen molar-refractivity contribution in [2.75, 3.05) is 18.4 Å². The molecule has 0 bridgehead atoms. The first-order chi connectivity index (χ1) is 6.71. The van der Waals surface area contributed by atoms with Gasteiger partial charge in [0.2, 0.25) is 5.91 Å². The lowest BCUT2D eigenvalue weighted by Gasteiger charge is -2.21. The van der Waals surface area contributed by atoms with E-state index in [1.165, 1.54) is 0 Å². The monoisotopic (exact) mass is 261 g/mol. The van der Waals surface area contributed by atoms with Gasteiger partial charge in [0.05, 0.1) is 0 Å². The highest BCUT2D eigenvalue weighted by Crippen LogP contribution is 2.22. The number of carbonyl (C=O) groups excluding carboxylic acids is 1. The summed E-state index contributed by atoms with van der Waals surface area (Å²) in [7, 11) is 0. The molecule has 2 atom stereocenters. The molecule has 0 radical (unpaired) electrons. The Kier molecular flexibility index (Phi) is 4.93. The number of hydrogen-bond acceptors (Lipinski definition) is 1. The third kappa shape index (κ3) is 2.97. The smallest absolute Gasteiger partial charge is 0.222 e. The van der Waals surface area contributed by atoms with Gasteiger partial charge in [-0.1, -0.05) is 42.6 Å². The van der Waals surface area contributed by atoms with Gasteiger partial charge in [-0.15, -0.1) is 0 Å². The van der Waals surface area contributed by atoms with Crippen molar-refractivity contribution in [2.24, 2.45) is 11.8 Å². The summed E-state index contributed by atoms with van der Waals surface area (Å²) >= 11 is 3.50. The molecule has 1 aliphatic rings. The van der Waals surface area contributed by atoms with Crippen molar-refractivity contribution < 1.29 is 4.79 Å². The van der Waals surface area contributed by atoms with E-state index in [4.69, 9.17) is 0 Å². The van der Waals surface area contributed by atoms with Gasteiger partial charge in [-0.25, -0.2) is 0 Å². The number of hydrogen-bond donors (Lipinski definition) is 0. The Morgan fingerprint density at radius 1 is 1.57 bits per heavy atom. The Balaban J connectivity index is 2.41. The summed E-state index contributed by atoms with van der Waals surface area (Å²) in [5.74, 6) is 1.58. The number of alkyl halides is 1. The molecule has 0 aromatic heterocycles. The molecular formula is C11H20BrNO. The highest BCUT2D eigenvalue weighted by atomic mass is 79.9. The largest absolute Gasteiger partial charge is 0.342 e. The second kappa shape index (κ2) is 5.74. The quantitative estimate of drug-likeness (QED) is 0.697. The first kappa shape index (κ1) is 12.0. The van der Waals surface area contributed by atoms with Crippen molar-refractivity contribution in [1.29, 1.82) is 0 Å². The van der Waals surface area contributed by atoms with E-state index in [1.54, 1.807) is 0 Å². The lowest BCUT2D eigenvalue weighted by molar-refractivity contribution is -0.128. The topological polar surface area (TPSA) is 20.3 Å². The maximum atomic E-state index is 11.6. The van der Waals surface area contributed by atoms with E-state index in [0.29, 0.717) is 17.7 Å². The second-order valence-electron chi connectivity index (χ2n) is 4.21. The first-order valence-corrected chi connectivity index (χ1v) is 6.67. The summed E-state index contributed by atoms with van der Waals surface area (Å²) in [6.07, 6.45) is 3.05. The van der Waals surface area contributed by atoms with E-state index in [2.05, 4.69) is 29.8 Å². The van der Waals surface area contributed by atoms with Crippen LogP contribution in [-0.4, -0.2) is 29.2 Å². The number of rotatable bonds is 5. The van der Waals surface area contributed by atoms with Crippen LogP contribution in [0.15, 0.2) is 0 Å². The number of nitrogens with zero attached hydrogens (tertiary/aromatic N) is 1. The minimum Gasteiger partial charge on any atom is -0.342 e. The number of amides is 1. The van der Waals surface area contributed by atoms with Crippen molar-refractivity contribution in [1.82, 2.24) is 4.90 Å². The average Bonchev–Trinajstić information content (AvgIpc) is 2.56. The molecule has 1 heterocycles. The van der Waals surface area contributed by atoms with E-state index < -0.39 is 0 Å². The lowest BCUT2D eigenvalue weighted by atomic mass is 10.1. The molecule has 3 heteroatoms. The fourth-order valence-electron chi connectivity index (χ4n) is 1.90. The van der Waals surface area contributed by atoms with Gasteiger partial charge in [0.1, 0.15) is 0 Å². The Morgan fingerprint density at radius 2 is 2.29 bits per heavy atom. The van der Waals surface area contributed by atoms with Gasteiger partial charge < -0.3 is 4.90 Å². The number of likely N-dealkylation sites (tertiary alicyclic amines) is 1. The van der Waals surface area contributed by atoms with Crippen molar-refractivity contribution in [3.8, 4) is 0 Å². The van der Waals surface area contributed by atoms with Gasteiger partial charge in [0.25, 0.3) is 0 Å². The van der Waals surface area contributed by atoms with Crippen molar-refractivity contribution in [2.45, 2.75) is 33.1 Å². The lowest BCUT2D eigenvalue weighted by Crippen LogP contribution is -2.31. The molecule has 1 amide bonds. The molecule has 82 valence electrons. The van der Waals surface area contributed by atoms with Crippen molar-refractivity contribution in [3.05, 3.63) is 0 Å². The Bertz CT molecular complexity index is 192. The van der Waals surface area contributed by atoms with E-state index in [1.807, 2.05) is 4.90 Å². The summed E-state index contributed by atoms with van der Waals surface area (Å²) in [5, 5.41) is 1.00. The number of carbonyl (C=O) groups is 1. The van der Waals surface area contributed by atoms with Gasteiger partial charge in [-0.05, 0) is 11.8 Å². The normalized spacial score (nSPS) is 24.4. The molecular weight excluding hydrogens is 242 g/mol. The molecule has 1 rings (SSSR count). The van der Waals surface area contributed by atoms with Crippen molar-refractivity contribution in [3.63, 3.8) is 0 Å². The van der Waals surface area contributed by atoms with Gasteiger partial charge in [0, 0.05) is 24.8 Å². The SMILES string of the molecule is CCC(CBr)CN1CC(CC)CC1=O. The van der Waals surface area contributed by atoms with E-state index in [0.717, 1.165) is 37.7 Å². The summed E-state index contributed by atoms with van der Waals surface area (Å²) in [6, 6.07) is 0. The predicted octanol–water partition coefficient (Wildman–Crippen LogP) is 2.67. The van der Waals surface area contributed by atoms with Crippen LogP contribution in [0.3, 0.4) is 0 Å². The molecule has 0 saturated carbocycles. The van der Waals surface area contributed by atoms with Crippen LogP contribution in [0.1, 0.15) is 33.1 Å². The predicted molar refractivity (Wildman–Crippen MR) is 62.6 cm³/mol. The summed E-state index contributed by atoms with van der Waals surface area (Å²) < 4.78 is 0. The average molecular weight is 262 g/mol. The van der Waals surface area contributed by atoms with Crippen LogP contribution in [0, 0.1) is 11.8 Å². The standard InChI is InChI=1S/C11H20BrNO/c1-3-9-5-11(14)13(7-9)8-10(4-2)6-12/h9-10H,3-8H2,1-2H3. The van der Waals surface area contributed by atoms with Crippen LogP contribution >= 0.6 is 15.9 Å². The molecule has 2 unspecified atom stereocenters. The molecule has 0 aromatic carbocycles. The molecule has 0 spiro atoms. The van der Waals surface area contributed by atoms with E-state index >= 15 is 0 Å². The summed E-state index contributed by atoms with van der Waals surface area (Å²) in [5.41, 5.74) is 0. The Hall–Kier alpha value is -0.0500.